The minimum Gasteiger partial charge on any atom is -0.449 e. The van der Waals surface area contributed by atoms with Crippen molar-refractivity contribution >= 4 is 6.09 Å². The van der Waals surface area contributed by atoms with Crippen LogP contribution in [-0.2, 0) is 11.2 Å². The molecule has 3 nitrogen and oxygen atoms in total. The Labute approximate surface area is 91.2 Å². The van der Waals surface area contributed by atoms with Crippen LogP contribution in [0.2, 0.25) is 0 Å². The number of rotatable bonds is 3. The number of hydrogen-bond donors (Lipinski definition) is 1. The third kappa shape index (κ3) is 5.73. The van der Waals surface area contributed by atoms with Crippen LogP contribution >= 0.6 is 0 Å². The highest BCUT2D eigenvalue weighted by Gasteiger charge is 1.98. The molecule has 0 atom stereocenters. The van der Waals surface area contributed by atoms with Crippen molar-refractivity contribution in [1.29, 1.82) is 0 Å². The van der Waals surface area contributed by atoms with Crippen molar-refractivity contribution in [2.45, 2.75) is 27.2 Å². The normalized spacial score (nSPS) is 8.73. The van der Waals surface area contributed by atoms with Gasteiger partial charge in [-0.25, -0.2) is 4.79 Å². The molecule has 0 saturated heterocycles. The maximum absolute atomic E-state index is 10.3. The fourth-order valence-electron chi connectivity index (χ4n) is 1.15. The van der Waals surface area contributed by atoms with Crippen molar-refractivity contribution in [2.75, 3.05) is 6.61 Å². The average Bonchev–Trinajstić information content (AvgIpc) is 2.23. The van der Waals surface area contributed by atoms with E-state index in [4.69, 9.17) is 5.73 Å². The topological polar surface area (TPSA) is 52.3 Å². The summed E-state index contributed by atoms with van der Waals surface area (Å²) in [5, 5.41) is 0. The molecule has 1 aromatic rings. The second-order valence-corrected chi connectivity index (χ2v) is 2.84. The largest absolute Gasteiger partial charge is 0.449 e. The van der Waals surface area contributed by atoms with Gasteiger partial charge >= 0.3 is 6.09 Å². The first-order chi connectivity index (χ1) is 7.20. The number of aryl methyl sites for hydroxylation is 1. The summed E-state index contributed by atoms with van der Waals surface area (Å²) in [6.07, 6.45) is 0.00360. The van der Waals surface area contributed by atoms with E-state index in [1.807, 2.05) is 45.0 Å². The van der Waals surface area contributed by atoms with Crippen LogP contribution in [0.1, 0.15) is 25.0 Å². The molecule has 0 unspecified atom stereocenters. The van der Waals surface area contributed by atoms with Gasteiger partial charge in [0.2, 0.25) is 0 Å². The molecule has 2 N–H and O–H groups in total. The smallest absolute Gasteiger partial charge is 0.404 e. The molecule has 0 spiro atoms. The second kappa shape index (κ2) is 7.85. The molecule has 0 aliphatic heterocycles. The summed E-state index contributed by atoms with van der Waals surface area (Å²) < 4.78 is 4.64. The van der Waals surface area contributed by atoms with Crippen molar-refractivity contribution < 1.29 is 9.53 Å². The molecule has 15 heavy (non-hydrogen) atoms. The lowest BCUT2D eigenvalue weighted by Crippen LogP contribution is -2.14. The fraction of sp³-hybridized carbons (Fsp3) is 0.417. The molecule has 0 heterocycles. The standard InChI is InChI=1S/C10H13NO2.C2H6/c1-8-4-2-3-5-9(8)6-7-13-10(11)12;1-2/h2-5H,6-7H2,1H3,(H2,11,12);1-2H3. The maximum Gasteiger partial charge on any atom is 0.404 e. The monoisotopic (exact) mass is 209 g/mol. The Morgan fingerprint density at radius 3 is 2.47 bits per heavy atom. The third-order valence-electron chi connectivity index (χ3n) is 1.88. The van der Waals surface area contributed by atoms with E-state index < -0.39 is 6.09 Å². The van der Waals surface area contributed by atoms with Gasteiger partial charge in [0.05, 0.1) is 6.61 Å². The summed E-state index contributed by atoms with van der Waals surface area (Å²) in [6.45, 7) is 6.37. The molecular formula is C12H19NO2. The summed E-state index contributed by atoms with van der Waals surface area (Å²) in [5.74, 6) is 0. The zero-order valence-corrected chi connectivity index (χ0v) is 9.62. The molecule has 0 bridgehead atoms. The predicted octanol–water partition coefficient (Wildman–Crippen LogP) is 2.66. The lowest BCUT2D eigenvalue weighted by atomic mass is 10.1. The van der Waals surface area contributed by atoms with Crippen molar-refractivity contribution in [3.05, 3.63) is 35.4 Å². The Bertz CT molecular complexity index is 297. The Kier molecular flexibility index (Phi) is 7.06. The molecule has 0 aliphatic carbocycles. The van der Waals surface area contributed by atoms with Gasteiger partial charge in [0.25, 0.3) is 0 Å². The highest BCUT2D eigenvalue weighted by Crippen LogP contribution is 2.07. The van der Waals surface area contributed by atoms with Gasteiger partial charge in [-0.2, -0.15) is 0 Å². The van der Waals surface area contributed by atoms with E-state index in [2.05, 4.69) is 4.74 Å². The number of carbonyl (C=O) groups is 1. The highest BCUT2D eigenvalue weighted by atomic mass is 16.5. The van der Waals surface area contributed by atoms with Crippen LogP contribution < -0.4 is 5.73 Å². The van der Waals surface area contributed by atoms with E-state index in [9.17, 15) is 4.79 Å². The van der Waals surface area contributed by atoms with E-state index in [1.165, 1.54) is 11.1 Å². The first-order valence-corrected chi connectivity index (χ1v) is 5.17. The number of nitrogens with two attached hydrogens (primary N) is 1. The molecule has 1 rings (SSSR count). The Morgan fingerprint density at radius 2 is 1.93 bits per heavy atom. The summed E-state index contributed by atoms with van der Waals surface area (Å²) in [4.78, 5) is 10.3. The Morgan fingerprint density at radius 1 is 1.33 bits per heavy atom. The van der Waals surface area contributed by atoms with E-state index in [0.717, 1.165) is 6.42 Å². The van der Waals surface area contributed by atoms with Gasteiger partial charge in [-0.1, -0.05) is 38.1 Å². The minimum atomic E-state index is -0.714. The van der Waals surface area contributed by atoms with E-state index in [0.29, 0.717) is 6.61 Å². The number of amides is 1. The SMILES string of the molecule is CC.Cc1ccccc1CCOC(N)=O. The average molecular weight is 209 g/mol. The van der Waals surface area contributed by atoms with Gasteiger partial charge < -0.3 is 10.5 Å². The highest BCUT2D eigenvalue weighted by molar-refractivity contribution is 5.64. The fourth-order valence-corrected chi connectivity index (χ4v) is 1.15. The second-order valence-electron chi connectivity index (χ2n) is 2.84. The summed E-state index contributed by atoms with van der Waals surface area (Å²) in [7, 11) is 0. The predicted molar refractivity (Wildman–Crippen MR) is 61.8 cm³/mol. The van der Waals surface area contributed by atoms with Crippen LogP contribution in [0.15, 0.2) is 24.3 Å². The summed E-state index contributed by atoms with van der Waals surface area (Å²) in [5.41, 5.74) is 7.22. The van der Waals surface area contributed by atoms with E-state index >= 15 is 0 Å². The Balaban J connectivity index is 0.000000921. The van der Waals surface area contributed by atoms with Crippen LogP contribution in [0, 0.1) is 6.92 Å². The molecule has 1 amide bonds. The van der Waals surface area contributed by atoms with Crippen LogP contribution in [0.25, 0.3) is 0 Å². The van der Waals surface area contributed by atoms with E-state index in [-0.39, 0.29) is 0 Å². The van der Waals surface area contributed by atoms with Crippen molar-refractivity contribution in [3.63, 3.8) is 0 Å². The quantitative estimate of drug-likeness (QED) is 0.832. The van der Waals surface area contributed by atoms with Gasteiger partial charge in [0, 0.05) is 6.42 Å². The van der Waals surface area contributed by atoms with Crippen LogP contribution in [0.3, 0.4) is 0 Å². The zero-order valence-electron chi connectivity index (χ0n) is 9.62. The molecule has 0 aromatic heterocycles. The van der Waals surface area contributed by atoms with E-state index in [1.54, 1.807) is 0 Å². The molecule has 1 aromatic carbocycles. The van der Waals surface area contributed by atoms with Crippen molar-refractivity contribution in [2.24, 2.45) is 5.73 Å². The number of ether oxygens (including phenoxy) is 1. The first kappa shape index (κ1) is 13.5. The van der Waals surface area contributed by atoms with Gasteiger partial charge in [-0.05, 0) is 18.1 Å². The molecule has 84 valence electrons. The molecule has 0 saturated carbocycles. The zero-order chi connectivity index (χ0) is 11.7. The van der Waals surface area contributed by atoms with Crippen LogP contribution in [0.4, 0.5) is 4.79 Å². The van der Waals surface area contributed by atoms with Crippen LogP contribution in [0.5, 0.6) is 0 Å². The maximum atomic E-state index is 10.3. The van der Waals surface area contributed by atoms with Gasteiger partial charge in [-0.3, -0.25) is 0 Å². The van der Waals surface area contributed by atoms with Gasteiger partial charge in [0.1, 0.15) is 0 Å². The number of hydrogen-bond acceptors (Lipinski definition) is 2. The molecular weight excluding hydrogens is 190 g/mol. The Hall–Kier alpha value is -1.51. The summed E-state index contributed by atoms with van der Waals surface area (Å²) in [6, 6.07) is 7.99. The van der Waals surface area contributed by atoms with Gasteiger partial charge in [-0.15, -0.1) is 0 Å². The van der Waals surface area contributed by atoms with Crippen LogP contribution in [-0.4, -0.2) is 12.7 Å². The molecule has 0 aliphatic rings. The molecule has 3 heteroatoms. The number of benzene rings is 1. The van der Waals surface area contributed by atoms with Gasteiger partial charge in [0.15, 0.2) is 0 Å². The molecule has 0 fully saturated rings. The third-order valence-corrected chi connectivity index (χ3v) is 1.88. The number of carbonyl (C=O) groups excluding carboxylic acids is 1. The minimum absolute atomic E-state index is 0.347. The lowest BCUT2D eigenvalue weighted by Gasteiger charge is -2.04. The van der Waals surface area contributed by atoms with Crippen molar-refractivity contribution in [3.8, 4) is 0 Å². The summed E-state index contributed by atoms with van der Waals surface area (Å²) >= 11 is 0. The number of primary amides is 1. The van der Waals surface area contributed by atoms with Crippen molar-refractivity contribution in [1.82, 2.24) is 0 Å². The lowest BCUT2D eigenvalue weighted by molar-refractivity contribution is 0.158. The first-order valence-electron chi connectivity index (χ1n) is 5.17. The molecule has 0 radical (unpaired) electrons.